The SMILES string of the molecule is O=S(CCC1OCCCO1)c1ccc(Cl)c(Cl)c1. The Hall–Kier alpha value is -0.130. The van der Waals surface area contributed by atoms with Crippen molar-refractivity contribution in [1.82, 2.24) is 0 Å². The summed E-state index contributed by atoms with van der Waals surface area (Å²) in [6.07, 6.45) is 1.31. The van der Waals surface area contributed by atoms with E-state index in [1.807, 2.05) is 0 Å². The van der Waals surface area contributed by atoms with E-state index in [-0.39, 0.29) is 6.29 Å². The summed E-state index contributed by atoms with van der Waals surface area (Å²) in [7, 11) is -1.11. The van der Waals surface area contributed by atoms with Crippen molar-refractivity contribution in [1.29, 1.82) is 0 Å². The summed E-state index contributed by atoms with van der Waals surface area (Å²) >= 11 is 11.7. The molecule has 1 aromatic rings. The Bertz CT molecular complexity index is 433. The fourth-order valence-corrected chi connectivity index (χ4v) is 3.12. The first-order valence-electron chi connectivity index (χ1n) is 5.73. The van der Waals surface area contributed by atoms with E-state index in [1.54, 1.807) is 18.2 Å². The van der Waals surface area contributed by atoms with Crippen LogP contribution < -0.4 is 0 Å². The quantitative estimate of drug-likeness (QED) is 0.856. The summed E-state index contributed by atoms with van der Waals surface area (Å²) in [6, 6.07) is 5.03. The van der Waals surface area contributed by atoms with E-state index in [0.29, 0.717) is 40.3 Å². The second-order valence-corrected chi connectivity index (χ2v) is 6.32. The average Bonchev–Trinajstić information content (AvgIpc) is 2.40. The van der Waals surface area contributed by atoms with Crippen LogP contribution in [0.3, 0.4) is 0 Å². The van der Waals surface area contributed by atoms with E-state index < -0.39 is 10.8 Å². The van der Waals surface area contributed by atoms with Crippen LogP contribution in [0.25, 0.3) is 0 Å². The first-order valence-corrected chi connectivity index (χ1v) is 7.81. The van der Waals surface area contributed by atoms with Crippen molar-refractivity contribution < 1.29 is 13.7 Å². The molecule has 1 saturated heterocycles. The molecule has 1 aliphatic heterocycles. The first kappa shape index (κ1) is 14.3. The van der Waals surface area contributed by atoms with Gasteiger partial charge in [-0.15, -0.1) is 0 Å². The highest BCUT2D eigenvalue weighted by Gasteiger charge is 2.16. The van der Waals surface area contributed by atoms with Crippen LogP contribution >= 0.6 is 23.2 Å². The van der Waals surface area contributed by atoms with Crippen molar-refractivity contribution in [2.75, 3.05) is 19.0 Å². The fraction of sp³-hybridized carbons (Fsp3) is 0.500. The van der Waals surface area contributed by atoms with Crippen molar-refractivity contribution in [3.05, 3.63) is 28.2 Å². The minimum atomic E-state index is -1.11. The minimum Gasteiger partial charge on any atom is -0.353 e. The van der Waals surface area contributed by atoms with E-state index in [1.165, 1.54) is 0 Å². The number of rotatable bonds is 4. The minimum absolute atomic E-state index is 0.231. The van der Waals surface area contributed by atoms with E-state index in [9.17, 15) is 4.21 Å². The van der Waals surface area contributed by atoms with Crippen LogP contribution in [0.1, 0.15) is 12.8 Å². The van der Waals surface area contributed by atoms with Crippen molar-refractivity contribution in [3.63, 3.8) is 0 Å². The molecule has 0 amide bonds. The fourth-order valence-electron chi connectivity index (χ4n) is 1.64. The number of halogens is 2. The number of hydrogen-bond donors (Lipinski definition) is 0. The molecule has 6 heteroatoms. The first-order chi connectivity index (χ1) is 8.66. The van der Waals surface area contributed by atoms with Gasteiger partial charge in [0, 0.05) is 17.1 Å². The molecule has 0 bridgehead atoms. The molecule has 1 fully saturated rings. The van der Waals surface area contributed by atoms with Gasteiger partial charge in [-0.1, -0.05) is 23.2 Å². The maximum absolute atomic E-state index is 12.0. The number of hydrogen-bond acceptors (Lipinski definition) is 3. The third kappa shape index (κ3) is 3.93. The van der Waals surface area contributed by atoms with Gasteiger partial charge in [-0.2, -0.15) is 0 Å². The van der Waals surface area contributed by atoms with Gasteiger partial charge in [-0.25, -0.2) is 0 Å². The lowest BCUT2D eigenvalue weighted by Crippen LogP contribution is -2.26. The number of ether oxygens (including phenoxy) is 2. The zero-order valence-electron chi connectivity index (χ0n) is 9.73. The molecule has 18 heavy (non-hydrogen) atoms. The van der Waals surface area contributed by atoms with Crippen LogP contribution in [0.5, 0.6) is 0 Å². The Morgan fingerprint density at radius 2 is 1.94 bits per heavy atom. The monoisotopic (exact) mass is 308 g/mol. The average molecular weight is 309 g/mol. The molecule has 1 aromatic carbocycles. The van der Waals surface area contributed by atoms with E-state index in [0.717, 1.165) is 6.42 Å². The maximum Gasteiger partial charge on any atom is 0.158 e. The summed E-state index contributed by atoms with van der Waals surface area (Å²) < 4.78 is 22.9. The van der Waals surface area contributed by atoms with Crippen LogP contribution in [0, 0.1) is 0 Å². The van der Waals surface area contributed by atoms with E-state index in [2.05, 4.69) is 0 Å². The molecule has 0 radical (unpaired) electrons. The third-order valence-corrected chi connectivity index (χ3v) is 4.71. The highest BCUT2D eigenvalue weighted by atomic mass is 35.5. The van der Waals surface area contributed by atoms with Gasteiger partial charge in [-0.05, 0) is 24.6 Å². The molecule has 0 aliphatic carbocycles. The largest absolute Gasteiger partial charge is 0.353 e. The van der Waals surface area contributed by atoms with Gasteiger partial charge in [0.2, 0.25) is 0 Å². The molecular formula is C12H14Cl2O3S. The molecular weight excluding hydrogens is 295 g/mol. The second kappa shape index (κ2) is 6.87. The van der Waals surface area contributed by atoms with Crippen LogP contribution in [0.4, 0.5) is 0 Å². The lowest BCUT2D eigenvalue weighted by Gasteiger charge is -2.22. The third-order valence-electron chi connectivity index (χ3n) is 2.59. The molecule has 3 nitrogen and oxygen atoms in total. The lowest BCUT2D eigenvalue weighted by molar-refractivity contribution is -0.178. The Kier molecular flexibility index (Phi) is 5.45. The van der Waals surface area contributed by atoms with Gasteiger partial charge in [0.25, 0.3) is 0 Å². The van der Waals surface area contributed by atoms with Crippen LogP contribution in [-0.2, 0) is 20.3 Å². The molecule has 0 aromatic heterocycles. The summed E-state index contributed by atoms with van der Waals surface area (Å²) in [4.78, 5) is 0.681. The highest BCUT2D eigenvalue weighted by molar-refractivity contribution is 7.85. The van der Waals surface area contributed by atoms with Crippen molar-refractivity contribution in [3.8, 4) is 0 Å². The molecule has 1 atom stereocenters. The molecule has 1 unspecified atom stereocenters. The Labute approximate surface area is 119 Å². The second-order valence-electron chi connectivity index (χ2n) is 3.94. The summed E-state index contributed by atoms with van der Waals surface area (Å²) in [6.45, 7) is 1.42. The van der Waals surface area contributed by atoms with Crippen molar-refractivity contribution >= 4 is 34.0 Å². The summed E-state index contributed by atoms with van der Waals surface area (Å²) in [5, 5.41) is 0.893. The van der Waals surface area contributed by atoms with Crippen LogP contribution in [0.15, 0.2) is 23.1 Å². The predicted molar refractivity (Wildman–Crippen MR) is 72.7 cm³/mol. The molecule has 1 heterocycles. The summed E-state index contributed by atoms with van der Waals surface area (Å²) in [5.74, 6) is 0.489. The zero-order valence-corrected chi connectivity index (χ0v) is 12.1. The van der Waals surface area contributed by atoms with Crippen LogP contribution in [-0.4, -0.2) is 29.5 Å². The summed E-state index contributed by atoms with van der Waals surface area (Å²) in [5.41, 5.74) is 0. The van der Waals surface area contributed by atoms with Gasteiger partial charge in [0.05, 0.1) is 34.1 Å². The van der Waals surface area contributed by atoms with Gasteiger partial charge in [-0.3, -0.25) is 4.21 Å². The molecule has 2 rings (SSSR count). The predicted octanol–water partition coefficient (Wildman–Crippen LogP) is 3.25. The van der Waals surface area contributed by atoms with E-state index >= 15 is 0 Å². The van der Waals surface area contributed by atoms with Crippen LogP contribution in [0.2, 0.25) is 10.0 Å². The molecule has 0 saturated carbocycles. The lowest BCUT2D eigenvalue weighted by atomic mass is 10.4. The molecule has 0 spiro atoms. The van der Waals surface area contributed by atoms with Gasteiger partial charge < -0.3 is 9.47 Å². The maximum atomic E-state index is 12.0. The van der Waals surface area contributed by atoms with Gasteiger partial charge in [0.1, 0.15) is 0 Å². The normalized spacial score (nSPS) is 18.8. The standard InChI is InChI=1S/C12H14Cl2O3S/c13-10-3-2-9(8-11(10)14)18(15)7-4-12-16-5-1-6-17-12/h2-3,8,12H,1,4-7H2. The Balaban J connectivity index is 1.88. The Morgan fingerprint density at radius 3 is 2.61 bits per heavy atom. The van der Waals surface area contributed by atoms with Crippen molar-refractivity contribution in [2.24, 2.45) is 0 Å². The van der Waals surface area contributed by atoms with Gasteiger partial charge >= 0.3 is 0 Å². The smallest absolute Gasteiger partial charge is 0.158 e. The molecule has 100 valence electrons. The van der Waals surface area contributed by atoms with E-state index in [4.69, 9.17) is 32.7 Å². The molecule has 1 aliphatic rings. The Morgan fingerprint density at radius 1 is 1.22 bits per heavy atom. The topological polar surface area (TPSA) is 35.5 Å². The highest BCUT2D eigenvalue weighted by Crippen LogP contribution is 2.24. The zero-order chi connectivity index (χ0) is 13.0. The van der Waals surface area contributed by atoms with Crippen molar-refractivity contribution in [2.45, 2.75) is 24.0 Å². The number of benzene rings is 1. The van der Waals surface area contributed by atoms with Gasteiger partial charge in [0.15, 0.2) is 6.29 Å². The molecule has 0 N–H and O–H groups in total.